The van der Waals surface area contributed by atoms with Crippen molar-refractivity contribution in [2.24, 2.45) is 0 Å². The van der Waals surface area contributed by atoms with Gasteiger partial charge in [-0.25, -0.2) is 4.79 Å². The molecule has 98 valence electrons. The van der Waals surface area contributed by atoms with Crippen LogP contribution in [0.15, 0.2) is 12.3 Å². The van der Waals surface area contributed by atoms with Crippen molar-refractivity contribution in [1.29, 1.82) is 0 Å². The molecule has 2 rings (SSSR count). The number of carbonyl (C=O) groups is 1. The number of ether oxygens (including phenoxy) is 3. The van der Waals surface area contributed by atoms with E-state index in [-0.39, 0.29) is 24.7 Å². The van der Waals surface area contributed by atoms with Crippen molar-refractivity contribution >= 4 is 5.97 Å². The van der Waals surface area contributed by atoms with Gasteiger partial charge < -0.3 is 14.2 Å². The molecule has 0 spiro atoms. The Kier molecular flexibility index (Phi) is 3.31. The number of alkyl halides is 2. The summed E-state index contributed by atoms with van der Waals surface area (Å²) >= 11 is 0. The zero-order chi connectivity index (χ0) is 13.2. The van der Waals surface area contributed by atoms with E-state index in [9.17, 15) is 13.6 Å². The molecule has 0 aliphatic carbocycles. The fourth-order valence-electron chi connectivity index (χ4n) is 1.45. The molecule has 7 heteroatoms. The van der Waals surface area contributed by atoms with Crippen LogP contribution in [0.1, 0.15) is 12.6 Å². The number of esters is 1. The summed E-state index contributed by atoms with van der Waals surface area (Å²) in [7, 11) is 0. The molecule has 5 nitrogen and oxygen atoms in total. The third-order valence-electron chi connectivity index (χ3n) is 2.28. The van der Waals surface area contributed by atoms with E-state index in [0.717, 1.165) is 12.3 Å². The molecule has 0 atom stereocenters. The molecule has 18 heavy (non-hydrogen) atoms. The molecule has 0 N–H and O–H groups in total. The SMILES string of the molecule is CCOC(=O)C(F)(F)c1cc2c(cn1)OCCO2. The number of pyridine rings is 1. The van der Waals surface area contributed by atoms with Gasteiger partial charge in [0, 0.05) is 6.07 Å². The van der Waals surface area contributed by atoms with E-state index in [0.29, 0.717) is 6.61 Å². The van der Waals surface area contributed by atoms with E-state index in [4.69, 9.17) is 9.47 Å². The fraction of sp³-hybridized carbons (Fsp3) is 0.455. The van der Waals surface area contributed by atoms with Crippen LogP contribution >= 0.6 is 0 Å². The highest BCUT2D eigenvalue weighted by atomic mass is 19.3. The average molecular weight is 259 g/mol. The summed E-state index contributed by atoms with van der Waals surface area (Å²) in [5, 5.41) is 0. The van der Waals surface area contributed by atoms with Crippen LogP contribution < -0.4 is 9.47 Å². The molecule has 0 radical (unpaired) electrons. The second kappa shape index (κ2) is 4.75. The predicted molar refractivity (Wildman–Crippen MR) is 55.8 cm³/mol. The van der Waals surface area contributed by atoms with E-state index in [2.05, 4.69) is 9.72 Å². The molecule has 0 saturated carbocycles. The Balaban J connectivity index is 2.30. The highest BCUT2D eigenvalue weighted by Gasteiger charge is 2.45. The molecular weight excluding hydrogens is 248 g/mol. The molecule has 0 fully saturated rings. The van der Waals surface area contributed by atoms with Crippen LogP contribution in [0.2, 0.25) is 0 Å². The third-order valence-corrected chi connectivity index (χ3v) is 2.28. The van der Waals surface area contributed by atoms with Crippen LogP contribution in [0.4, 0.5) is 8.78 Å². The smallest absolute Gasteiger partial charge is 0.384 e. The van der Waals surface area contributed by atoms with Crippen molar-refractivity contribution in [2.75, 3.05) is 19.8 Å². The second-order valence-corrected chi connectivity index (χ2v) is 3.51. The van der Waals surface area contributed by atoms with Gasteiger partial charge >= 0.3 is 11.9 Å². The largest absolute Gasteiger partial charge is 0.486 e. The topological polar surface area (TPSA) is 57.7 Å². The van der Waals surface area contributed by atoms with Gasteiger partial charge in [0.05, 0.1) is 12.8 Å². The lowest BCUT2D eigenvalue weighted by Gasteiger charge is -2.20. The Morgan fingerprint density at radius 3 is 2.78 bits per heavy atom. The summed E-state index contributed by atoms with van der Waals surface area (Å²) in [6.07, 6.45) is 1.11. The molecule has 1 aromatic heterocycles. The van der Waals surface area contributed by atoms with Crippen molar-refractivity contribution in [3.05, 3.63) is 18.0 Å². The minimum Gasteiger partial charge on any atom is -0.486 e. The second-order valence-electron chi connectivity index (χ2n) is 3.51. The van der Waals surface area contributed by atoms with Crippen molar-refractivity contribution < 1.29 is 27.8 Å². The van der Waals surface area contributed by atoms with Gasteiger partial charge in [-0.15, -0.1) is 0 Å². The van der Waals surface area contributed by atoms with Crippen molar-refractivity contribution in [3.8, 4) is 11.5 Å². The van der Waals surface area contributed by atoms with Crippen LogP contribution in [-0.4, -0.2) is 30.8 Å². The van der Waals surface area contributed by atoms with E-state index < -0.39 is 17.6 Å². The lowest BCUT2D eigenvalue weighted by atomic mass is 10.2. The van der Waals surface area contributed by atoms with E-state index in [1.807, 2.05) is 0 Å². The van der Waals surface area contributed by atoms with Gasteiger partial charge in [-0.3, -0.25) is 4.98 Å². The van der Waals surface area contributed by atoms with E-state index in [1.165, 1.54) is 6.92 Å². The first-order valence-electron chi connectivity index (χ1n) is 5.37. The number of fused-ring (bicyclic) bond motifs is 1. The molecule has 1 aliphatic rings. The first-order valence-corrected chi connectivity index (χ1v) is 5.37. The van der Waals surface area contributed by atoms with Crippen LogP contribution in [0.25, 0.3) is 0 Å². The average Bonchev–Trinajstić information content (AvgIpc) is 2.38. The lowest BCUT2D eigenvalue weighted by molar-refractivity contribution is -0.173. The van der Waals surface area contributed by atoms with E-state index in [1.54, 1.807) is 0 Å². The summed E-state index contributed by atoms with van der Waals surface area (Å²) in [6, 6.07) is 0.991. The van der Waals surface area contributed by atoms with Crippen LogP contribution in [-0.2, 0) is 15.5 Å². The minimum atomic E-state index is -3.80. The maximum atomic E-state index is 13.7. The van der Waals surface area contributed by atoms with Gasteiger partial charge in [0.25, 0.3) is 0 Å². The summed E-state index contributed by atoms with van der Waals surface area (Å²) in [5.74, 6) is -5.00. The number of aromatic nitrogens is 1. The normalized spacial score (nSPS) is 14.2. The molecule has 1 aromatic rings. The lowest BCUT2D eigenvalue weighted by Crippen LogP contribution is -2.29. The zero-order valence-corrected chi connectivity index (χ0v) is 9.61. The van der Waals surface area contributed by atoms with Gasteiger partial charge in [-0.1, -0.05) is 0 Å². The zero-order valence-electron chi connectivity index (χ0n) is 9.61. The molecule has 0 bridgehead atoms. The van der Waals surface area contributed by atoms with Crippen molar-refractivity contribution in [3.63, 3.8) is 0 Å². The number of nitrogens with zero attached hydrogens (tertiary/aromatic N) is 1. The minimum absolute atomic E-state index is 0.126. The first kappa shape index (κ1) is 12.5. The summed E-state index contributed by atoms with van der Waals surface area (Å²) < 4.78 is 41.9. The Labute approximate surface area is 102 Å². The van der Waals surface area contributed by atoms with Crippen LogP contribution in [0.5, 0.6) is 11.5 Å². The number of hydrogen-bond donors (Lipinski definition) is 0. The van der Waals surface area contributed by atoms with Crippen LogP contribution in [0.3, 0.4) is 0 Å². The maximum absolute atomic E-state index is 13.7. The summed E-state index contributed by atoms with van der Waals surface area (Å²) in [6.45, 7) is 1.92. The molecular formula is C11H11F2NO4. The number of hydrogen-bond acceptors (Lipinski definition) is 5. The quantitative estimate of drug-likeness (QED) is 0.770. The summed E-state index contributed by atoms with van der Waals surface area (Å²) in [5.41, 5.74) is -0.717. The van der Waals surface area contributed by atoms with Gasteiger partial charge in [0.2, 0.25) is 0 Å². The highest BCUT2D eigenvalue weighted by Crippen LogP contribution is 2.35. The number of carbonyl (C=O) groups excluding carboxylic acids is 1. The predicted octanol–water partition coefficient (Wildman–Crippen LogP) is 1.51. The van der Waals surface area contributed by atoms with Gasteiger partial charge in [-0.2, -0.15) is 8.78 Å². The highest BCUT2D eigenvalue weighted by molar-refractivity contribution is 5.79. The monoisotopic (exact) mass is 259 g/mol. The van der Waals surface area contributed by atoms with Crippen LogP contribution in [0, 0.1) is 0 Å². The molecule has 0 amide bonds. The van der Waals surface area contributed by atoms with Gasteiger partial charge in [-0.05, 0) is 6.92 Å². The molecule has 0 saturated heterocycles. The molecule has 1 aliphatic heterocycles. The van der Waals surface area contributed by atoms with Crippen molar-refractivity contribution in [1.82, 2.24) is 4.98 Å². The fourth-order valence-corrected chi connectivity index (χ4v) is 1.45. The van der Waals surface area contributed by atoms with E-state index >= 15 is 0 Å². The number of rotatable bonds is 3. The van der Waals surface area contributed by atoms with Gasteiger partial charge in [0.15, 0.2) is 11.5 Å². The number of halogens is 2. The Bertz CT molecular complexity index is 464. The van der Waals surface area contributed by atoms with Crippen molar-refractivity contribution in [2.45, 2.75) is 12.8 Å². The van der Waals surface area contributed by atoms with Gasteiger partial charge in [0.1, 0.15) is 18.9 Å². The summed E-state index contributed by atoms with van der Waals surface area (Å²) in [4.78, 5) is 14.7. The Morgan fingerprint density at radius 1 is 1.44 bits per heavy atom. The molecule has 2 heterocycles. The molecule has 0 unspecified atom stereocenters. The Hall–Kier alpha value is -1.92. The standard InChI is InChI=1S/C11H11F2NO4/c1-2-16-10(15)11(12,13)9-5-7-8(6-14-9)18-4-3-17-7/h5-6H,2-4H2,1H3. The Morgan fingerprint density at radius 2 is 2.11 bits per heavy atom. The maximum Gasteiger partial charge on any atom is 0.384 e. The third kappa shape index (κ3) is 2.20. The first-order chi connectivity index (χ1) is 8.55. The molecule has 0 aromatic carbocycles.